The van der Waals surface area contributed by atoms with Crippen LogP contribution in [0, 0.1) is 12.7 Å². The number of nitrogens with zero attached hydrogens (tertiary/aromatic N) is 1. The summed E-state index contributed by atoms with van der Waals surface area (Å²) in [5.41, 5.74) is 5.06. The Morgan fingerprint density at radius 2 is 1.64 bits per heavy atom. The first-order valence-corrected chi connectivity index (χ1v) is 11.1. The second-order valence-corrected chi connectivity index (χ2v) is 8.71. The predicted octanol–water partition coefficient (Wildman–Crippen LogP) is 5.67. The Balaban J connectivity index is 1.42. The summed E-state index contributed by atoms with van der Waals surface area (Å²) < 4.78 is 20.3. The van der Waals surface area contributed by atoms with Crippen LogP contribution in [0.5, 0.6) is 0 Å². The molecule has 1 amide bonds. The van der Waals surface area contributed by atoms with E-state index >= 15 is 0 Å². The molecule has 2 aliphatic rings. The van der Waals surface area contributed by atoms with Crippen LogP contribution in [0.4, 0.5) is 9.18 Å². The molecule has 33 heavy (non-hydrogen) atoms. The number of carboxylic acids is 1. The molecule has 3 aromatic carbocycles. The monoisotopic (exact) mass is 445 g/mol. The van der Waals surface area contributed by atoms with Gasteiger partial charge in [-0.3, -0.25) is 4.90 Å². The van der Waals surface area contributed by atoms with Crippen molar-refractivity contribution in [1.82, 2.24) is 4.90 Å². The van der Waals surface area contributed by atoms with Crippen molar-refractivity contribution in [1.29, 1.82) is 0 Å². The molecule has 0 heterocycles. The first-order valence-electron chi connectivity index (χ1n) is 11.1. The molecule has 0 saturated heterocycles. The molecule has 3 aromatic rings. The number of carbonyl (C=O) groups is 2. The molecule has 6 heteroatoms. The normalized spacial score (nSPS) is 15.5. The van der Waals surface area contributed by atoms with E-state index in [1.807, 2.05) is 48.5 Å². The van der Waals surface area contributed by atoms with Gasteiger partial charge in [-0.25, -0.2) is 14.0 Å². The molecule has 2 aliphatic carbocycles. The van der Waals surface area contributed by atoms with Gasteiger partial charge in [0, 0.05) is 17.5 Å². The van der Waals surface area contributed by atoms with Crippen LogP contribution in [-0.2, 0) is 9.53 Å². The lowest BCUT2D eigenvalue weighted by Gasteiger charge is -2.29. The highest BCUT2D eigenvalue weighted by Gasteiger charge is 2.44. The fourth-order valence-electron chi connectivity index (χ4n) is 4.76. The minimum Gasteiger partial charge on any atom is -0.479 e. The van der Waals surface area contributed by atoms with Gasteiger partial charge < -0.3 is 9.84 Å². The summed E-state index contributed by atoms with van der Waals surface area (Å²) in [5, 5.41) is 9.96. The Morgan fingerprint density at radius 1 is 1.03 bits per heavy atom. The average molecular weight is 445 g/mol. The van der Waals surface area contributed by atoms with Gasteiger partial charge in [0.25, 0.3) is 0 Å². The molecule has 1 saturated carbocycles. The van der Waals surface area contributed by atoms with Gasteiger partial charge in [-0.2, -0.15) is 0 Å². The molecule has 1 unspecified atom stereocenters. The van der Waals surface area contributed by atoms with E-state index in [2.05, 4.69) is 0 Å². The predicted molar refractivity (Wildman–Crippen MR) is 121 cm³/mol. The van der Waals surface area contributed by atoms with Crippen molar-refractivity contribution in [3.8, 4) is 11.1 Å². The van der Waals surface area contributed by atoms with Crippen molar-refractivity contribution in [3.05, 3.63) is 94.8 Å². The minimum absolute atomic E-state index is 0.0251. The van der Waals surface area contributed by atoms with Crippen LogP contribution in [0.25, 0.3) is 11.1 Å². The Morgan fingerprint density at radius 3 is 2.21 bits per heavy atom. The summed E-state index contributed by atoms with van der Waals surface area (Å²) in [7, 11) is 0. The third kappa shape index (κ3) is 3.86. The summed E-state index contributed by atoms with van der Waals surface area (Å²) >= 11 is 0. The van der Waals surface area contributed by atoms with Crippen molar-refractivity contribution in [2.24, 2.45) is 0 Å². The molecule has 0 radical (unpaired) electrons. The van der Waals surface area contributed by atoms with Gasteiger partial charge in [0.15, 0.2) is 6.04 Å². The van der Waals surface area contributed by atoms with Gasteiger partial charge in [-0.1, -0.05) is 66.2 Å². The molecule has 1 atom stereocenters. The zero-order valence-electron chi connectivity index (χ0n) is 18.2. The van der Waals surface area contributed by atoms with Crippen LogP contribution in [0.2, 0.25) is 0 Å². The van der Waals surface area contributed by atoms with Crippen molar-refractivity contribution in [3.63, 3.8) is 0 Å². The molecule has 1 N–H and O–H groups in total. The number of carbonyl (C=O) groups excluding carboxylic acids is 1. The number of carboxylic acid groups (broad SMARTS) is 1. The number of benzene rings is 3. The van der Waals surface area contributed by atoms with Gasteiger partial charge in [-0.05, 0) is 48.1 Å². The molecule has 0 aliphatic heterocycles. The third-order valence-electron chi connectivity index (χ3n) is 6.45. The zero-order chi connectivity index (χ0) is 23.1. The van der Waals surface area contributed by atoms with Crippen molar-refractivity contribution >= 4 is 12.1 Å². The molecule has 0 bridgehead atoms. The summed E-state index contributed by atoms with van der Waals surface area (Å²) in [4.78, 5) is 26.7. The minimum atomic E-state index is -1.44. The standard InChI is InChI=1S/C27H24FNO4/c1-16-10-13-24(28)22(14-16)25(26(30)31)29(17-11-12-17)27(32)33-15-23-20-8-4-2-6-18(20)19-7-3-5-9-21(19)23/h2-10,13-14,17,23,25H,11-12,15H2,1H3,(H,30,31). The fraction of sp³-hybridized carbons (Fsp3) is 0.259. The maximum atomic E-state index is 14.6. The van der Waals surface area contributed by atoms with Crippen LogP contribution in [-0.4, -0.2) is 34.7 Å². The molecule has 5 nitrogen and oxygen atoms in total. The Hall–Kier alpha value is -3.67. The summed E-state index contributed by atoms with van der Waals surface area (Å²) in [5.74, 6) is -2.06. The summed E-state index contributed by atoms with van der Waals surface area (Å²) in [6.07, 6.45) is 0.607. The van der Waals surface area contributed by atoms with Crippen LogP contribution >= 0.6 is 0 Å². The van der Waals surface area contributed by atoms with Gasteiger partial charge in [0.2, 0.25) is 0 Å². The van der Waals surface area contributed by atoms with Gasteiger partial charge in [0.1, 0.15) is 12.4 Å². The highest BCUT2D eigenvalue weighted by Crippen LogP contribution is 2.45. The summed E-state index contributed by atoms with van der Waals surface area (Å²) in [6, 6.07) is 18.6. The number of amides is 1. The van der Waals surface area contributed by atoms with Gasteiger partial charge >= 0.3 is 12.1 Å². The smallest absolute Gasteiger partial charge is 0.411 e. The molecule has 1 fully saturated rings. The van der Waals surface area contributed by atoms with Crippen LogP contribution < -0.4 is 0 Å². The maximum Gasteiger partial charge on any atom is 0.411 e. The number of rotatable bonds is 6. The second-order valence-electron chi connectivity index (χ2n) is 8.71. The largest absolute Gasteiger partial charge is 0.479 e. The fourth-order valence-corrected chi connectivity index (χ4v) is 4.76. The van der Waals surface area contributed by atoms with E-state index in [4.69, 9.17) is 4.74 Å². The van der Waals surface area contributed by atoms with Crippen molar-refractivity contribution in [2.45, 2.75) is 37.8 Å². The Labute approximate surface area is 191 Å². The first kappa shape index (κ1) is 21.2. The van der Waals surface area contributed by atoms with Crippen LogP contribution in [0.1, 0.15) is 47.1 Å². The molecular formula is C27H24FNO4. The van der Waals surface area contributed by atoms with E-state index in [9.17, 15) is 19.1 Å². The lowest BCUT2D eigenvalue weighted by atomic mass is 9.98. The highest BCUT2D eigenvalue weighted by atomic mass is 19.1. The lowest BCUT2D eigenvalue weighted by molar-refractivity contribution is -0.143. The van der Waals surface area contributed by atoms with E-state index in [0.29, 0.717) is 12.8 Å². The molecule has 0 aromatic heterocycles. The summed E-state index contributed by atoms with van der Waals surface area (Å²) in [6.45, 7) is 1.84. The van der Waals surface area contributed by atoms with Crippen LogP contribution in [0.15, 0.2) is 66.7 Å². The van der Waals surface area contributed by atoms with Crippen molar-refractivity contribution in [2.75, 3.05) is 6.61 Å². The van der Waals surface area contributed by atoms with Gasteiger partial charge in [-0.15, -0.1) is 0 Å². The number of hydrogen-bond donors (Lipinski definition) is 1. The van der Waals surface area contributed by atoms with Crippen molar-refractivity contribution < 1.29 is 23.8 Å². The molecular weight excluding hydrogens is 421 g/mol. The van der Waals surface area contributed by atoms with E-state index in [-0.39, 0.29) is 24.1 Å². The first-order chi connectivity index (χ1) is 16.0. The lowest BCUT2D eigenvalue weighted by Crippen LogP contribution is -2.41. The maximum absolute atomic E-state index is 14.6. The highest BCUT2D eigenvalue weighted by molar-refractivity contribution is 5.83. The number of hydrogen-bond acceptors (Lipinski definition) is 3. The Kier molecular flexibility index (Phi) is 5.36. The molecule has 168 valence electrons. The number of halogens is 1. The quantitative estimate of drug-likeness (QED) is 0.531. The number of aliphatic carboxylic acids is 1. The number of ether oxygens (including phenoxy) is 1. The van der Waals surface area contributed by atoms with E-state index in [1.165, 1.54) is 17.0 Å². The molecule has 5 rings (SSSR count). The van der Waals surface area contributed by atoms with E-state index < -0.39 is 23.9 Å². The molecule has 0 spiro atoms. The number of fused-ring (bicyclic) bond motifs is 3. The second kappa shape index (κ2) is 8.35. The average Bonchev–Trinajstić information content (AvgIpc) is 3.59. The van der Waals surface area contributed by atoms with E-state index in [0.717, 1.165) is 27.8 Å². The van der Waals surface area contributed by atoms with Crippen LogP contribution in [0.3, 0.4) is 0 Å². The number of aryl methyl sites for hydroxylation is 1. The third-order valence-corrected chi connectivity index (χ3v) is 6.45. The zero-order valence-corrected chi connectivity index (χ0v) is 18.2. The SMILES string of the molecule is Cc1ccc(F)c(C(C(=O)O)N(C(=O)OCC2c3ccccc3-c3ccccc32)C2CC2)c1. The van der Waals surface area contributed by atoms with E-state index in [1.54, 1.807) is 13.0 Å². The Bertz CT molecular complexity index is 1190. The topological polar surface area (TPSA) is 66.8 Å². The van der Waals surface area contributed by atoms with Gasteiger partial charge in [0.05, 0.1) is 0 Å².